The maximum absolute atomic E-state index is 12.9. The summed E-state index contributed by atoms with van der Waals surface area (Å²) in [5.74, 6) is -1.03. The maximum atomic E-state index is 12.9. The number of thiazole rings is 1. The number of alkyl carbamates (subject to hydrolysis) is 1. The number of benzene rings is 2. The fraction of sp³-hybridized carbons (Fsp3) is 0.261. The predicted molar refractivity (Wildman–Crippen MR) is 124 cm³/mol. The van der Waals surface area contributed by atoms with Gasteiger partial charge < -0.3 is 15.0 Å². The molecule has 2 N–H and O–H groups in total. The molecule has 0 radical (unpaired) electrons. The van der Waals surface area contributed by atoms with Crippen molar-refractivity contribution in [1.29, 1.82) is 0 Å². The van der Waals surface area contributed by atoms with Crippen molar-refractivity contribution in [1.82, 2.24) is 20.5 Å². The molecule has 1 aromatic heterocycles. The van der Waals surface area contributed by atoms with Gasteiger partial charge in [0.1, 0.15) is 23.2 Å². The average molecular weight is 499 g/mol. The van der Waals surface area contributed by atoms with Crippen LogP contribution >= 0.6 is 22.9 Å². The van der Waals surface area contributed by atoms with E-state index in [1.54, 1.807) is 12.1 Å². The van der Waals surface area contributed by atoms with Crippen molar-refractivity contribution in [3.8, 4) is 0 Å². The Kier molecular flexibility index (Phi) is 5.93. The monoisotopic (exact) mass is 498 g/mol. The van der Waals surface area contributed by atoms with Gasteiger partial charge in [0.25, 0.3) is 5.91 Å². The second-order valence-electron chi connectivity index (χ2n) is 8.02. The standard InChI is InChI=1S/C23H19ClN4O5S/c24-15-2-1-3-17-20(15)27-19(34-17)11-33-23(32)25-9-12-4-5-13-10-28(22(31)14(13)8-12)16-6-7-18(29)26-21(16)30/h1-5,8,16H,6-7,9-11H2,(H,25,32)(H,26,29,30). The van der Waals surface area contributed by atoms with E-state index >= 15 is 0 Å². The largest absolute Gasteiger partial charge is 0.442 e. The van der Waals surface area contributed by atoms with E-state index in [0.29, 0.717) is 34.1 Å². The summed E-state index contributed by atoms with van der Waals surface area (Å²) in [6, 6.07) is 10.2. The van der Waals surface area contributed by atoms with E-state index in [2.05, 4.69) is 15.6 Å². The molecule has 0 aliphatic carbocycles. The molecule has 174 valence electrons. The molecule has 3 aromatic rings. The first-order chi connectivity index (χ1) is 16.4. The summed E-state index contributed by atoms with van der Waals surface area (Å²) in [4.78, 5) is 54.5. The molecule has 9 nitrogen and oxygen atoms in total. The molecule has 5 rings (SSSR count). The Morgan fingerprint density at radius 1 is 1.26 bits per heavy atom. The number of hydrogen-bond donors (Lipinski definition) is 2. The molecule has 1 unspecified atom stereocenters. The summed E-state index contributed by atoms with van der Waals surface area (Å²) in [5.41, 5.74) is 2.70. The van der Waals surface area contributed by atoms with E-state index in [1.165, 1.54) is 16.2 Å². The number of fused-ring (bicyclic) bond motifs is 2. The second-order valence-corrected chi connectivity index (χ2v) is 9.54. The molecular formula is C23H19ClN4O5S. The van der Waals surface area contributed by atoms with Gasteiger partial charge in [-0.3, -0.25) is 19.7 Å². The van der Waals surface area contributed by atoms with Gasteiger partial charge in [-0.25, -0.2) is 9.78 Å². The quantitative estimate of drug-likeness (QED) is 0.522. The lowest BCUT2D eigenvalue weighted by Crippen LogP contribution is -2.52. The average Bonchev–Trinajstić information content (AvgIpc) is 3.38. The zero-order valence-corrected chi connectivity index (χ0v) is 19.4. The molecule has 34 heavy (non-hydrogen) atoms. The van der Waals surface area contributed by atoms with Crippen LogP contribution in [0.25, 0.3) is 10.2 Å². The number of hydrogen-bond acceptors (Lipinski definition) is 7. The van der Waals surface area contributed by atoms with Gasteiger partial charge >= 0.3 is 6.09 Å². The molecule has 11 heteroatoms. The molecule has 0 bridgehead atoms. The van der Waals surface area contributed by atoms with Crippen molar-refractivity contribution in [2.24, 2.45) is 0 Å². The third-order valence-electron chi connectivity index (χ3n) is 5.77. The van der Waals surface area contributed by atoms with Crippen LogP contribution in [0.3, 0.4) is 0 Å². The van der Waals surface area contributed by atoms with Gasteiger partial charge in [-0.1, -0.05) is 29.8 Å². The smallest absolute Gasteiger partial charge is 0.407 e. The minimum absolute atomic E-state index is 0.0189. The van der Waals surface area contributed by atoms with Crippen molar-refractivity contribution in [2.75, 3.05) is 0 Å². The number of imide groups is 1. The van der Waals surface area contributed by atoms with Crippen molar-refractivity contribution in [2.45, 2.75) is 38.6 Å². The number of aromatic nitrogens is 1. The maximum Gasteiger partial charge on any atom is 0.407 e. The summed E-state index contributed by atoms with van der Waals surface area (Å²) in [7, 11) is 0. The fourth-order valence-electron chi connectivity index (χ4n) is 4.09. The van der Waals surface area contributed by atoms with Crippen LogP contribution in [0.4, 0.5) is 4.79 Å². The Morgan fingerprint density at radius 3 is 2.91 bits per heavy atom. The van der Waals surface area contributed by atoms with Crippen molar-refractivity contribution in [3.63, 3.8) is 0 Å². The molecule has 2 aliphatic rings. The highest BCUT2D eigenvalue weighted by molar-refractivity contribution is 7.18. The van der Waals surface area contributed by atoms with Crippen LogP contribution in [0.1, 0.15) is 39.3 Å². The van der Waals surface area contributed by atoms with Crippen LogP contribution in [0.15, 0.2) is 36.4 Å². The van der Waals surface area contributed by atoms with Crippen LogP contribution in [-0.4, -0.2) is 39.7 Å². The Labute approximate surface area is 203 Å². The highest BCUT2D eigenvalue weighted by atomic mass is 35.5. The summed E-state index contributed by atoms with van der Waals surface area (Å²) >= 11 is 7.53. The Balaban J connectivity index is 1.17. The third-order valence-corrected chi connectivity index (χ3v) is 7.07. The summed E-state index contributed by atoms with van der Waals surface area (Å²) < 4.78 is 6.17. The van der Waals surface area contributed by atoms with E-state index in [1.807, 2.05) is 24.3 Å². The highest BCUT2D eigenvalue weighted by Crippen LogP contribution is 2.29. The normalized spacial score (nSPS) is 17.6. The minimum Gasteiger partial charge on any atom is -0.442 e. The summed E-state index contributed by atoms with van der Waals surface area (Å²) in [6.07, 6.45) is -0.0917. The van der Waals surface area contributed by atoms with Gasteiger partial charge in [-0.15, -0.1) is 11.3 Å². The zero-order valence-electron chi connectivity index (χ0n) is 17.8. The number of carbonyl (C=O) groups is 4. The predicted octanol–water partition coefficient (Wildman–Crippen LogP) is 3.14. The number of amides is 4. The number of piperidine rings is 1. The Hall–Kier alpha value is -3.50. The summed E-state index contributed by atoms with van der Waals surface area (Å²) in [6.45, 7) is 0.497. The number of para-hydroxylation sites is 1. The van der Waals surface area contributed by atoms with Gasteiger partial charge in [0.05, 0.1) is 9.72 Å². The topological polar surface area (TPSA) is 118 Å². The lowest BCUT2D eigenvalue weighted by molar-refractivity contribution is -0.136. The van der Waals surface area contributed by atoms with Crippen LogP contribution in [0, 0.1) is 0 Å². The first kappa shape index (κ1) is 22.3. The van der Waals surface area contributed by atoms with Crippen molar-refractivity contribution < 1.29 is 23.9 Å². The molecule has 0 spiro atoms. The van der Waals surface area contributed by atoms with E-state index in [-0.39, 0.29) is 31.4 Å². The van der Waals surface area contributed by atoms with E-state index < -0.39 is 18.0 Å². The Bertz CT molecular complexity index is 1340. The molecule has 4 amide bonds. The van der Waals surface area contributed by atoms with E-state index in [4.69, 9.17) is 16.3 Å². The number of carbonyl (C=O) groups excluding carboxylic acids is 4. The van der Waals surface area contributed by atoms with Crippen LogP contribution < -0.4 is 10.6 Å². The van der Waals surface area contributed by atoms with E-state index in [9.17, 15) is 19.2 Å². The number of nitrogens with zero attached hydrogens (tertiary/aromatic N) is 2. The molecule has 1 atom stereocenters. The molecule has 2 aromatic carbocycles. The molecule has 2 aliphatic heterocycles. The molecule has 0 saturated carbocycles. The second kappa shape index (κ2) is 9.03. The lowest BCUT2D eigenvalue weighted by atomic mass is 10.0. The van der Waals surface area contributed by atoms with E-state index in [0.717, 1.165) is 15.8 Å². The number of ether oxygens (including phenoxy) is 1. The van der Waals surface area contributed by atoms with Crippen molar-refractivity contribution >= 4 is 57.0 Å². The third kappa shape index (κ3) is 4.34. The van der Waals surface area contributed by atoms with Crippen LogP contribution in [0.5, 0.6) is 0 Å². The van der Waals surface area contributed by atoms with Gasteiger partial charge in [-0.05, 0) is 35.7 Å². The Morgan fingerprint density at radius 2 is 2.12 bits per heavy atom. The minimum atomic E-state index is -0.661. The molecule has 1 fully saturated rings. The van der Waals surface area contributed by atoms with Gasteiger partial charge in [0.15, 0.2) is 0 Å². The molecule has 3 heterocycles. The SMILES string of the molecule is O=C1CCC(N2Cc3ccc(CNC(=O)OCc4nc5c(Cl)cccc5s4)cc3C2=O)C(=O)N1. The van der Waals surface area contributed by atoms with Crippen LogP contribution in [0.2, 0.25) is 5.02 Å². The van der Waals surface area contributed by atoms with Crippen molar-refractivity contribution in [3.05, 3.63) is 63.1 Å². The summed E-state index contributed by atoms with van der Waals surface area (Å²) in [5, 5.41) is 6.14. The number of rotatable bonds is 5. The highest BCUT2D eigenvalue weighted by Gasteiger charge is 2.39. The molecule has 1 saturated heterocycles. The number of halogens is 1. The zero-order chi connectivity index (χ0) is 23.8. The molecular weight excluding hydrogens is 480 g/mol. The number of nitrogens with one attached hydrogen (secondary N) is 2. The fourth-order valence-corrected chi connectivity index (χ4v) is 5.27. The van der Waals surface area contributed by atoms with Gasteiger partial charge in [0, 0.05) is 25.1 Å². The lowest BCUT2D eigenvalue weighted by Gasteiger charge is -2.29. The van der Waals surface area contributed by atoms with Crippen LogP contribution in [-0.2, 0) is 34.0 Å². The van der Waals surface area contributed by atoms with Gasteiger partial charge in [0.2, 0.25) is 11.8 Å². The first-order valence-electron chi connectivity index (χ1n) is 10.6. The van der Waals surface area contributed by atoms with Gasteiger partial charge in [-0.2, -0.15) is 0 Å². The first-order valence-corrected chi connectivity index (χ1v) is 11.8.